The van der Waals surface area contributed by atoms with Crippen molar-refractivity contribution in [2.45, 2.75) is 55.4 Å². The summed E-state index contributed by atoms with van der Waals surface area (Å²) >= 11 is 0. The Morgan fingerprint density at radius 3 is 2.15 bits per heavy atom. The van der Waals surface area contributed by atoms with Crippen molar-refractivity contribution in [2.24, 2.45) is 0 Å². The Hall–Kier alpha value is -3.82. The number of nitrogens with one attached hydrogen (secondary N) is 1. The summed E-state index contributed by atoms with van der Waals surface area (Å²) in [4.78, 5) is 14.8. The second-order valence-electron chi connectivity index (χ2n) is 10.6. The molecule has 1 saturated heterocycles. The van der Waals surface area contributed by atoms with Crippen LogP contribution >= 0.6 is 0 Å². The van der Waals surface area contributed by atoms with E-state index in [0.717, 1.165) is 24.3 Å². The van der Waals surface area contributed by atoms with Gasteiger partial charge in [-0.05, 0) is 72.6 Å². The number of benzene rings is 3. The van der Waals surface area contributed by atoms with Crippen LogP contribution in [0.15, 0.2) is 77.7 Å². The summed E-state index contributed by atoms with van der Waals surface area (Å²) in [6, 6.07) is 14.6. The standard InChI is InChI=1S/C31H32F6N2O6S/c1-2-46(42,43)27-13-5-20(6-14-27)28(15-16-40)38-29(41)21-3-9-23(10-4-21)39-18-26(17-24(39)19-44-31(35,36)37)45-25-11-7-22(8-12-25)30(32,33)34/h3-14,24,26,28,40H,2,15-19H2,1H3,(H,38,41)/t24-,26-,28?/m0/s1. The van der Waals surface area contributed by atoms with E-state index < -0.39 is 58.6 Å². The fourth-order valence-electron chi connectivity index (χ4n) is 5.11. The highest BCUT2D eigenvalue weighted by atomic mass is 32.2. The first-order chi connectivity index (χ1) is 21.6. The third kappa shape index (κ3) is 9.13. The van der Waals surface area contributed by atoms with Crippen LogP contribution in [-0.4, -0.2) is 63.5 Å². The van der Waals surface area contributed by atoms with E-state index in [2.05, 4.69) is 10.1 Å². The summed E-state index contributed by atoms with van der Waals surface area (Å²) in [7, 11) is -3.42. The molecule has 4 rings (SSSR count). The first-order valence-electron chi connectivity index (χ1n) is 14.3. The van der Waals surface area contributed by atoms with Gasteiger partial charge in [-0.1, -0.05) is 19.1 Å². The maximum Gasteiger partial charge on any atom is 0.522 e. The Kier molecular flexibility index (Phi) is 10.9. The minimum Gasteiger partial charge on any atom is -0.489 e. The van der Waals surface area contributed by atoms with E-state index >= 15 is 0 Å². The molecule has 1 aliphatic rings. The van der Waals surface area contributed by atoms with Gasteiger partial charge in [0.1, 0.15) is 11.9 Å². The predicted octanol–water partition coefficient (Wildman–Crippen LogP) is 5.92. The molecule has 0 bridgehead atoms. The molecule has 1 amide bonds. The number of rotatable bonds is 12. The molecule has 0 spiro atoms. The molecule has 3 aromatic carbocycles. The maximum atomic E-state index is 13.1. The molecule has 0 radical (unpaired) electrons. The molecule has 3 aromatic rings. The fourth-order valence-corrected chi connectivity index (χ4v) is 5.99. The summed E-state index contributed by atoms with van der Waals surface area (Å²) in [5.74, 6) is -0.446. The number of alkyl halides is 6. The molecule has 8 nitrogen and oxygen atoms in total. The van der Waals surface area contributed by atoms with Gasteiger partial charge in [0.2, 0.25) is 0 Å². The lowest BCUT2D eigenvalue weighted by Gasteiger charge is -2.27. The van der Waals surface area contributed by atoms with Crippen molar-refractivity contribution in [3.63, 3.8) is 0 Å². The van der Waals surface area contributed by atoms with Gasteiger partial charge in [-0.3, -0.25) is 9.53 Å². The molecule has 0 aromatic heterocycles. The van der Waals surface area contributed by atoms with Crippen LogP contribution in [-0.2, 0) is 20.8 Å². The van der Waals surface area contributed by atoms with Gasteiger partial charge in [-0.15, -0.1) is 13.2 Å². The number of amides is 1. The summed E-state index contributed by atoms with van der Waals surface area (Å²) in [5, 5.41) is 12.4. The SMILES string of the molecule is CCS(=O)(=O)c1ccc(C(CCO)NC(=O)c2ccc(N3C[C@@H](Oc4ccc(C(F)(F)F)cc4)C[C@H]3COC(F)(F)F)cc2)cc1. The second-order valence-corrected chi connectivity index (χ2v) is 12.9. The van der Waals surface area contributed by atoms with Crippen molar-refractivity contribution in [2.75, 3.05) is 30.4 Å². The molecular formula is C31H32F6N2O6S. The molecule has 1 unspecified atom stereocenters. The van der Waals surface area contributed by atoms with Crippen LogP contribution in [0.25, 0.3) is 0 Å². The van der Waals surface area contributed by atoms with Crippen molar-refractivity contribution in [1.82, 2.24) is 5.32 Å². The van der Waals surface area contributed by atoms with Crippen LogP contribution in [0, 0.1) is 0 Å². The zero-order valence-corrected chi connectivity index (χ0v) is 25.3. The topological polar surface area (TPSA) is 105 Å². The number of halogens is 6. The molecule has 250 valence electrons. The summed E-state index contributed by atoms with van der Waals surface area (Å²) in [5.41, 5.74) is 0.399. The zero-order chi connectivity index (χ0) is 33.7. The Balaban J connectivity index is 1.47. The molecular weight excluding hydrogens is 642 g/mol. The van der Waals surface area contributed by atoms with Crippen LogP contribution < -0.4 is 15.0 Å². The number of anilines is 1. The van der Waals surface area contributed by atoms with E-state index in [1.165, 1.54) is 31.2 Å². The van der Waals surface area contributed by atoms with Crippen molar-refractivity contribution in [1.29, 1.82) is 0 Å². The smallest absolute Gasteiger partial charge is 0.489 e. The summed E-state index contributed by atoms with van der Waals surface area (Å²) in [6.07, 6.45) is -9.84. The van der Waals surface area contributed by atoms with Crippen LogP contribution in [0.2, 0.25) is 0 Å². The number of carbonyl (C=O) groups is 1. The number of aliphatic hydroxyl groups excluding tert-OH is 1. The molecule has 2 N–H and O–H groups in total. The third-order valence-electron chi connectivity index (χ3n) is 7.51. The van der Waals surface area contributed by atoms with Gasteiger partial charge in [0, 0.05) is 24.3 Å². The molecule has 3 atom stereocenters. The Bertz CT molecular complexity index is 1560. The number of hydrogen-bond acceptors (Lipinski definition) is 7. The van der Waals surface area contributed by atoms with Gasteiger partial charge in [-0.25, -0.2) is 8.42 Å². The van der Waals surface area contributed by atoms with Gasteiger partial charge in [0.05, 0.1) is 41.4 Å². The van der Waals surface area contributed by atoms with Crippen molar-refractivity contribution in [3.8, 4) is 5.75 Å². The van der Waals surface area contributed by atoms with Gasteiger partial charge in [0.15, 0.2) is 9.84 Å². The minimum absolute atomic E-state index is 0.0699. The van der Waals surface area contributed by atoms with E-state index in [4.69, 9.17) is 4.74 Å². The zero-order valence-electron chi connectivity index (χ0n) is 24.5. The largest absolute Gasteiger partial charge is 0.522 e. The van der Waals surface area contributed by atoms with Crippen molar-refractivity contribution >= 4 is 21.4 Å². The third-order valence-corrected chi connectivity index (χ3v) is 9.26. The summed E-state index contributed by atoms with van der Waals surface area (Å²) in [6.45, 7) is 0.643. The number of carbonyl (C=O) groups excluding carboxylic acids is 1. The van der Waals surface area contributed by atoms with Crippen molar-refractivity contribution < 1.29 is 54.1 Å². The quantitative estimate of drug-likeness (QED) is 0.230. The monoisotopic (exact) mass is 674 g/mol. The second kappa shape index (κ2) is 14.3. The first kappa shape index (κ1) is 35.0. The van der Waals surface area contributed by atoms with E-state index in [9.17, 15) is 44.7 Å². The molecule has 0 aliphatic carbocycles. The molecule has 46 heavy (non-hydrogen) atoms. The number of ether oxygens (including phenoxy) is 2. The van der Waals surface area contributed by atoms with E-state index in [1.54, 1.807) is 29.2 Å². The fraction of sp³-hybridized carbons (Fsp3) is 0.387. The lowest BCUT2D eigenvalue weighted by molar-refractivity contribution is -0.325. The normalized spacial score (nSPS) is 18.0. The molecule has 0 saturated carbocycles. The van der Waals surface area contributed by atoms with Crippen LogP contribution in [0.5, 0.6) is 5.75 Å². The Labute approximate surface area is 261 Å². The highest BCUT2D eigenvalue weighted by molar-refractivity contribution is 7.91. The van der Waals surface area contributed by atoms with Gasteiger partial charge < -0.3 is 20.1 Å². The maximum absolute atomic E-state index is 13.1. The van der Waals surface area contributed by atoms with E-state index in [1.807, 2.05) is 0 Å². The first-order valence-corrected chi connectivity index (χ1v) is 15.9. The Morgan fingerprint density at radius 1 is 0.978 bits per heavy atom. The van der Waals surface area contributed by atoms with Crippen molar-refractivity contribution in [3.05, 3.63) is 89.5 Å². The predicted molar refractivity (Wildman–Crippen MR) is 156 cm³/mol. The average molecular weight is 675 g/mol. The number of sulfone groups is 1. The highest BCUT2D eigenvalue weighted by Gasteiger charge is 2.38. The van der Waals surface area contributed by atoms with Crippen LogP contribution in [0.3, 0.4) is 0 Å². The number of hydrogen-bond donors (Lipinski definition) is 2. The summed E-state index contributed by atoms with van der Waals surface area (Å²) < 4.78 is 111. The minimum atomic E-state index is -4.88. The lowest BCUT2D eigenvalue weighted by atomic mass is 10.0. The molecule has 1 heterocycles. The molecule has 1 fully saturated rings. The molecule has 15 heteroatoms. The van der Waals surface area contributed by atoms with Gasteiger partial charge >= 0.3 is 12.5 Å². The highest BCUT2D eigenvalue weighted by Crippen LogP contribution is 2.33. The lowest BCUT2D eigenvalue weighted by Crippen LogP contribution is -2.35. The van der Waals surface area contributed by atoms with E-state index in [0.29, 0.717) is 11.3 Å². The van der Waals surface area contributed by atoms with Crippen LogP contribution in [0.1, 0.15) is 47.3 Å². The Morgan fingerprint density at radius 2 is 1.61 bits per heavy atom. The average Bonchev–Trinajstić information content (AvgIpc) is 3.42. The van der Waals surface area contributed by atoms with Gasteiger partial charge in [0.25, 0.3) is 5.91 Å². The molecule has 1 aliphatic heterocycles. The van der Waals surface area contributed by atoms with Gasteiger partial charge in [-0.2, -0.15) is 13.2 Å². The number of aliphatic hydroxyl groups is 1. The van der Waals surface area contributed by atoms with Crippen LogP contribution in [0.4, 0.5) is 32.0 Å². The van der Waals surface area contributed by atoms with E-state index in [-0.39, 0.29) is 48.0 Å². The number of nitrogens with zero attached hydrogens (tertiary/aromatic N) is 1.